The molecular formula is C24H32N2O2. The van der Waals surface area contributed by atoms with Crippen LogP contribution in [0.1, 0.15) is 44.2 Å². The average molecular weight is 381 g/mol. The van der Waals surface area contributed by atoms with Gasteiger partial charge in [0, 0.05) is 13.1 Å². The first-order valence-corrected chi connectivity index (χ1v) is 10.3. The van der Waals surface area contributed by atoms with E-state index in [0.717, 1.165) is 24.8 Å². The van der Waals surface area contributed by atoms with E-state index in [2.05, 4.69) is 24.4 Å². The molecule has 1 N–H and O–H groups in total. The number of rotatable bonds is 11. The molecule has 4 heteroatoms. The van der Waals surface area contributed by atoms with Crippen molar-refractivity contribution in [1.82, 2.24) is 10.2 Å². The SMILES string of the molecule is CCCCNC(=O)[C@H](CC)N(CCc1ccccc1)C(=O)Cc1ccccc1. The van der Waals surface area contributed by atoms with Gasteiger partial charge >= 0.3 is 0 Å². The maximum Gasteiger partial charge on any atom is 0.242 e. The van der Waals surface area contributed by atoms with Gasteiger partial charge < -0.3 is 10.2 Å². The Balaban J connectivity index is 2.12. The summed E-state index contributed by atoms with van der Waals surface area (Å²) in [6, 6.07) is 19.4. The van der Waals surface area contributed by atoms with Gasteiger partial charge in [0.05, 0.1) is 6.42 Å². The van der Waals surface area contributed by atoms with Crippen LogP contribution < -0.4 is 5.32 Å². The van der Waals surface area contributed by atoms with Crippen molar-refractivity contribution in [3.63, 3.8) is 0 Å². The van der Waals surface area contributed by atoms with Crippen molar-refractivity contribution in [1.29, 1.82) is 0 Å². The molecule has 0 radical (unpaired) electrons. The highest BCUT2D eigenvalue weighted by molar-refractivity contribution is 5.88. The van der Waals surface area contributed by atoms with Crippen LogP contribution in [-0.4, -0.2) is 35.8 Å². The van der Waals surface area contributed by atoms with Crippen LogP contribution in [0.25, 0.3) is 0 Å². The lowest BCUT2D eigenvalue weighted by atomic mass is 10.1. The zero-order valence-corrected chi connectivity index (χ0v) is 17.1. The molecule has 0 aromatic heterocycles. The van der Waals surface area contributed by atoms with E-state index < -0.39 is 6.04 Å². The third kappa shape index (κ3) is 6.84. The monoisotopic (exact) mass is 380 g/mol. The number of carbonyl (C=O) groups is 2. The van der Waals surface area contributed by atoms with E-state index >= 15 is 0 Å². The number of nitrogens with zero attached hydrogens (tertiary/aromatic N) is 1. The second kappa shape index (κ2) is 12.0. The molecule has 2 amide bonds. The molecule has 0 fully saturated rings. The smallest absolute Gasteiger partial charge is 0.242 e. The van der Waals surface area contributed by atoms with Crippen LogP contribution >= 0.6 is 0 Å². The standard InChI is InChI=1S/C24H32N2O2/c1-3-5-17-25-24(28)22(4-2)26(18-16-20-12-8-6-9-13-20)23(27)19-21-14-10-7-11-15-21/h6-15,22H,3-5,16-19H2,1-2H3,(H,25,28)/t22-/m0/s1. The van der Waals surface area contributed by atoms with Crippen LogP contribution in [0.2, 0.25) is 0 Å². The molecule has 0 unspecified atom stereocenters. The Labute approximate surface area is 169 Å². The Bertz CT molecular complexity index is 716. The second-order valence-corrected chi connectivity index (χ2v) is 7.05. The van der Waals surface area contributed by atoms with E-state index in [1.54, 1.807) is 4.90 Å². The summed E-state index contributed by atoms with van der Waals surface area (Å²) in [4.78, 5) is 27.6. The number of amides is 2. The second-order valence-electron chi connectivity index (χ2n) is 7.05. The fraction of sp³-hybridized carbons (Fsp3) is 0.417. The van der Waals surface area contributed by atoms with Gasteiger partial charge in [-0.25, -0.2) is 0 Å². The van der Waals surface area contributed by atoms with Crippen molar-refractivity contribution < 1.29 is 9.59 Å². The Hall–Kier alpha value is -2.62. The molecule has 0 saturated carbocycles. The summed E-state index contributed by atoms with van der Waals surface area (Å²) in [7, 11) is 0. The number of unbranched alkanes of at least 4 members (excludes halogenated alkanes) is 1. The Kier molecular flexibility index (Phi) is 9.26. The highest BCUT2D eigenvalue weighted by Gasteiger charge is 2.27. The Morgan fingerprint density at radius 2 is 1.54 bits per heavy atom. The van der Waals surface area contributed by atoms with E-state index in [1.807, 2.05) is 55.5 Å². The first kappa shape index (κ1) is 21.7. The lowest BCUT2D eigenvalue weighted by Gasteiger charge is -2.30. The molecule has 150 valence electrons. The van der Waals surface area contributed by atoms with Crippen LogP contribution in [0, 0.1) is 0 Å². The van der Waals surface area contributed by atoms with Crippen molar-refractivity contribution in [3.05, 3.63) is 71.8 Å². The average Bonchev–Trinajstić information content (AvgIpc) is 2.72. The van der Waals surface area contributed by atoms with Crippen molar-refractivity contribution in [2.75, 3.05) is 13.1 Å². The predicted molar refractivity (Wildman–Crippen MR) is 114 cm³/mol. The maximum absolute atomic E-state index is 13.1. The van der Waals surface area contributed by atoms with Gasteiger partial charge in [0.15, 0.2) is 0 Å². The summed E-state index contributed by atoms with van der Waals surface area (Å²) in [5.41, 5.74) is 2.14. The molecule has 0 bridgehead atoms. The third-order valence-electron chi connectivity index (χ3n) is 4.90. The van der Waals surface area contributed by atoms with E-state index in [4.69, 9.17) is 0 Å². The summed E-state index contributed by atoms with van der Waals surface area (Å²) in [5, 5.41) is 3.00. The van der Waals surface area contributed by atoms with Crippen LogP contribution in [0.4, 0.5) is 0 Å². The number of benzene rings is 2. The summed E-state index contributed by atoms with van der Waals surface area (Å²) in [5.74, 6) is -0.0509. The summed E-state index contributed by atoms with van der Waals surface area (Å²) in [6.45, 7) is 5.26. The number of nitrogens with one attached hydrogen (secondary N) is 1. The highest BCUT2D eigenvalue weighted by Crippen LogP contribution is 2.12. The molecule has 28 heavy (non-hydrogen) atoms. The van der Waals surface area contributed by atoms with Crippen LogP contribution in [0.3, 0.4) is 0 Å². The molecular weight excluding hydrogens is 348 g/mol. The van der Waals surface area contributed by atoms with Gasteiger partial charge in [-0.1, -0.05) is 80.9 Å². The maximum atomic E-state index is 13.1. The minimum atomic E-state index is -0.434. The lowest BCUT2D eigenvalue weighted by Crippen LogP contribution is -2.50. The molecule has 0 aliphatic carbocycles. The molecule has 2 rings (SSSR count). The molecule has 0 saturated heterocycles. The quantitative estimate of drug-likeness (QED) is 0.599. The molecule has 0 heterocycles. The summed E-state index contributed by atoms with van der Waals surface area (Å²) < 4.78 is 0. The summed E-state index contributed by atoms with van der Waals surface area (Å²) >= 11 is 0. The first-order chi connectivity index (χ1) is 13.7. The van der Waals surface area contributed by atoms with Crippen LogP contribution in [0.5, 0.6) is 0 Å². The third-order valence-corrected chi connectivity index (χ3v) is 4.90. The highest BCUT2D eigenvalue weighted by atomic mass is 16.2. The van der Waals surface area contributed by atoms with Gasteiger partial charge in [0.1, 0.15) is 6.04 Å². The van der Waals surface area contributed by atoms with Gasteiger partial charge in [-0.05, 0) is 30.4 Å². The van der Waals surface area contributed by atoms with Crippen molar-refractivity contribution in [3.8, 4) is 0 Å². The Morgan fingerprint density at radius 1 is 0.929 bits per heavy atom. The molecule has 0 aliphatic rings. The van der Waals surface area contributed by atoms with Gasteiger partial charge in [0.2, 0.25) is 11.8 Å². The van der Waals surface area contributed by atoms with E-state index in [0.29, 0.717) is 25.9 Å². The summed E-state index contributed by atoms with van der Waals surface area (Å²) in [6.07, 6.45) is 3.63. The van der Waals surface area contributed by atoms with Crippen molar-refractivity contribution >= 4 is 11.8 Å². The molecule has 2 aromatic carbocycles. The van der Waals surface area contributed by atoms with E-state index in [9.17, 15) is 9.59 Å². The number of hydrogen-bond acceptors (Lipinski definition) is 2. The Morgan fingerprint density at radius 3 is 2.11 bits per heavy atom. The molecule has 0 spiro atoms. The molecule has 1 atom stereocenters. The predicted octanol–water partition coefficient (Wildman–Crippen LogP) is 4.00. The zero-order valence-electron chi connectivity index (χ0n) is 17.1. The first-order valence-electron chi connectivity index (χ1n) is 10.3. The van der Waals surface area contributed by atoms with Gasteiger partial charge in [-0.3, -0.25) is 9.59 Å². The van der Waals surface area contributed by atoms with Crippen molar-refractivity contribution in [2.45, 2.75) is 52.0 Å². The molecule has 0 aliphatic heterocycles. The number of carbonyl (C=O) groups excluding carboxylic acids is 2. The fourth-order valence-corrected chi connectivity index (χ4v) is 3.27. The number of hydrogen-bond donors (Lipinski definition) is 1. The fourth-order valence-electron chi connectivity index (χ4n) is 3.27. The van der Waals surface area contributed by atoms with Crippen molar-refractivity contribution in [2.24, 2.45) is 0 Å². The van der Waals surface area contributed by atoms with Crippen LogP contribution in [-0.2, 0) is 22.4 Å². The van der Waals surface area contributed by atoms with Crippen LogP contribution in [0.15, 0.2) is 60.7 Å². The van der Waals surface area contributed by atoms with E-state index in [1.165, 1.54) is 5.56 Å². The minimum Gasteiger partial charge on any atom is -0.354 e. The van der Waals surface area contributed by atoms with Gasteiger partial charge in [-0.15, -0.1) is 0 Å². The minimum absolute atomic E-state index is 0.000349. The topological polar surface area (TPSA) is 49.4 Å². The lowest BCUT2D eigenvalue weighted by molar-refractivity contribution is -0.140. The normalized spacial score (nSPS) is 11.6. The molecule has 4 nitrogen and oxygen atoms in total. The van der Waals surface area contributed by atoms with Gasteiger partial charge in [-0.2, -0.15) is 0 Å². The largest absolute Gasteiger partial charge is 0.354 e. The zero-order chi connectivity index (χ0) is 20.2. The van der Waals surface area contributed by atoms with E-state index in [-0.39, 0.29) is 11.8 Å². The molecule has 2 aromatic rings. The van der Waals surface area contributed by atoms with Gasteiger partial charge in [0.25, 0.3) is 0 Å².